The second-order valence-corrected chi connectivity index (χ2v) is 4.53. The van der Waals surface area contributed by atoms with Gasteiger partial charge in [-0.2, -0.15) is 0 Å². The molecule has 21 heavy (non-hydrogen) atoms. The molecule has 0 radical (unpaired) electrons. The highest BCUT2D eigenvalue weighted by Crippen LogP contribution is 2.27. The third-order valence-electron chi connectivity index (χ3n) is 3.47. The van der Waals surface area contributed by atoms with Gasteiger partial charge in [0.15, 0.2) is 5.75 Å². The van der Waals surface area contributed by atoms with Crippen molar-refractivity contribution in [3.05, 3.63) is 33.9 Å². The molecule has 1 aromatic rings. The molecule has 0 atom stereocenters. The quantitative estimate of drug-likeness (QED) is 0.496. The van der Waals surface area contributed by atoms with Gasteiger partial charge in [-0.05, 0) is 25.0 Å². The molecule has 0 aromatic heterocycles. The standard InChI is InChI=1S/C15H18N2O4/c1-5-15(6-2,7-3)16-14(18)11-8-9-13(21-4)12(10-11)17(19)20/h1,8-10H,6-7H2,2-4H3,(H,16,18). The zero-order valence-electron chi connectivity index (χ0n) is 12.3. The van der Waals surface area contributed by atoms with Crippen molar-refractivity contribution in [3.63, 3.8) is 0 Å². The van der Waals surface area contributed by atoms with Crippen molar-refractivity contribution in [1.82, 2.24) is 5.32 Å². The van der Waals surface area contributed by atoms with E-state index in [1.54, 1.807) is 0 Å². The fourth-order valence-electron chi connectivity index (χ4n) is 1.93. The van der Waals surface area contributed by atoms with Crippen LogP contribution in [0.5, 0.6) is 5.75 Å². The van der Waals surface area contributed by atoms with Gasteiger partial charge in [-0.3, -0.25) is 14.9 Å². The zero-order chi connectivity index (χ0) is 16.0. The van der Waals surface area contributed by atoms with Crippen LogP contribution in [-0.2, 0) is 0 Å². The number of hydrogen-bond acceptors (Lipinski definition) is 4. The lowest BCUT2D eigenvalue weighted by molar-refractivity contribution is -0.385. The Balaban J connectivity index is 3.12. The normalized spacial score (nSPS) is 10.6. The largest absolute Gasteiger partial charge is 0.490 e. The van der Waals surface area contributed by atoms with Crippen LogP contribution in [-0.4, -0.2) is 23.5 Å². The average molecular weight is 290 g/mol. The highest BCUT2D eigenvalue weighted by atomic mass is 16.6. The predicted molar refractivity (Wildman–Crippen MR) is 79.3 cm³/mol. The number of carbonyl (C=O) groups is 1. The van der Waals surface area contributed by atoms with E-state index in [0.717, 1.165) is 0 Å². The van der Waals surface area contributed by atoms with Crippen molar-refractivity contribution in [1.29, 1.82) is 0 Å². The molecule has 0 spiro atoms. The Bertz CT molecular complexity index is 586. The van der Waals surface area contributed by atoms with Gasteiger partial charge in [-0.25, -0.2) is 0 Å². The van der Waals surface area contributed by atoms with Gasteiger partial charge in [0.05, 0.1) is 12.0 Å². The van der Waals surface area contributed by atoms with Crippen LogP contribution in [0.25, 0.3) is 0 Å². The van der Waals surface area contributed by atoms with Crippen LogP contribution in [0.15, 0.2) is 18.2 Å². The first-order valence-corrected chi connectivity index (χ1v) is 6.55. The number of ether oxygens (including phenoxy) is 1. The number of nitrogens with one attached hydrogen (secondary N) is 1. The molecule has 0 heterocycles. The van der Waals surface area contributed by atoms with Gasteiger partial charge in [0.25, 0.3) is 5.91 Å². The van der Waals surface area contributed by atoms with Gasteiger partial charge in [0.2, 0.25) is 0 Å². The maximum atomic E-state index is 12.2. The molecule has 0 saturated carbocycles. The summed E-state index contributed by atoms with van der Waals surface area (Å²) in [7, 11) is 1.33. The van der Waals surface area contributed by atoms with Crippen LogP contribution < -0.4 is 10.1 Å². The number of nitrogens with zero attached hydrogens (tertiary/aromatic N) is 1. The molecular formula is C15H18N2O4. The Labute approximate surface area is 123 Å². The van der Waals surface area contributed by atoms with E-state index < -0.39 is 16.4 Å². The summed E-state index contributed by atoms with van der Waals surface area (Å²) in [5.41, 5.74) is -0.834. The van der Waals surface area contributed by atoms with Crippen molar-refractivity contribution in [2.45, 2.75) is 32.2 Å². The predicted octanol–water partition coefficient (Wildman–Crippen LogP) is 2.53. The van der Waals surface area contributed by atoms with E-state index in [-0.39, 0.29) is 17.0 Å². The topological polar surface area (TPSA) is 81.5 Å². The second kappa shape index (κ2) is 6.75. The summed E-state index contributed by atoms with van der Waals surface area (Å²) in [5.74, 6) is 2.25. The molecule has 0 fully saturated rings. The third-order valence-corrected chi connectivity index (χ3v) is 3.47. The number of nitro groups is 1. The van der Waals surface area contributed by atoms with Crippen LogP contribution in [0.2, 0.25) is 0 Å². The van der Waals surface area contributed by atoms with Gasteiger partial charge < -0.3 is 10.1 Å². The van der Waals surface area contributed by atoms with Crippen molar-refractivity contribution in [2.24, 2.45) is 0 Å². The van der Waals surface area contributed by atoms with Crippen LogP contribution in [0, 0.1) is 22.5 Å². The van der Waals surface area contributed by atoms with Gasteiger partial charge in [0, 0.05) is 11.6 Å². The number of carbonyl (C=O) groups excluding carboxylic acids is 1. The number of amides is 1. The van der Waals surface area contributed by atoms with E-state index in [0.29, 0.717) is 12.8 Å². The number of nitro benzene ring substituents is 1. The minimum Gasteiger partial charge on any atom is -0.490 e. The van der Waals surface area contributed by atoms with Crippen molar-refractivity contribution >= 4 is 11.6 Å². The molecule has 0 bridgehead atoms. The van der Waals surface area contributed by atoms with E-state index in [2.05, 4.69) is 11.2 Å². The van der Waals surface area contributed by atoms with E-state index in [1.165, 1.54) is 25.3 Å². The fraction of sp³-hybridized carbons (Fsp3) is 0.400. The Morgan fingerprint density at radius 1 is 1.48 bits per heavy atom. The van der Waals surface area contributed by atoms with Gasteiger partial charge in [0.1, 0.15) is 5.54 Å². The molecule has 1 aromatic carbocycles. The molecule has 112 valence electrons. The lowest BCUT2D eigenvalue weighted by Crippen LogP contribution is -2.46. The highest BCUT2D eigenvalue weighted by molar-refractivity contribution is 5.96. The molecular weight excluding hydrogens is 272 g/mol. The number of rotatable bonds is 6. The van der Waals surface area contributed by atoms with Gasteiger partial charge in [-0.15, -0.1) is 6.42 Å². The van der Waals surface area contributed by atoms with Crippen molar-refractivity contribution in [3.8, 4) is 18.1 Å². The molecule has 1 N–H and O–H groups in total. The number of hydrogen-bond donors (Lipinski definition) is 1. The van der Waals surface area contributed by atoms with Crippen LogP contribution in [0.1, 0.15) is 37.0 Å². The molecule has 0 aliphatic carbocycles. The minimum atomic E-state index is -0.744. The monoisotopic (exact) mass is 290 g/mol. The van der Waals surface area contributed by atoms with E-state index >= 15 is 0 Å². The summed E-state index contributed by atoms with van der Waals surface area (Å²) in [6.45, 7) is 3.75. The molecule has 0 aliphatic rings. The Morgan fingerprint density at radius 2 is 2.10 bits per heavy atom. The average Bonchev–Trinajstić information content (AvgIpc) is 2.51. The lowest BCUT2D eigenvalue weighted by atomic mass is 9.93. The summed E-state index contributed by atoms with van der Waals surface area (Å²) in [4.78, 5) is 22.6. The first-order chi connectivity index (χ1) is 9.92. The Morgan fingerprint density at radius 3 is 2.52 bits per heavy atom. The summed E-state index contributed by atoms with van der Waals surface area (Å²) in [6.07, 6.45) is 6.63. The summed E-state index contributed by atoms with van der Waals surface area (Å²) in [6, 6.07) is 4.04. The lowest BCUT2D eigenvalue weighted by Gasteiger charge is -2.27. The summed E-state index contributed by atoms with van der Waals surface area (Å²) in [5, 5.41) is 13.7. The highest BCUT2D eigenvalue weighted by Gasteiger charge is 2.27. The number of benzene rings is 1. The van der Waals surface area contributed by atoms with Crippen LogP contribution in [0.4, 0.5) is 5.69 Å². The van der Waals surface area contributed by atoms with E-state index in [4.69, 9.17) is 11.2 Å². The molecule has 0 unspecified atom stereocenters. The van der Waals surface area contributed by atoms with Crippen LogP contribution >= 0.6 is 0 Å². The number of methoxy groups -OCH3 is 1. The summed E-state index contributed by atoms with van der Waals surface area (Å²) >= 11 is 0. The Hall–Kier alpha value is -2.55. The van der Waals surface area contributed by atoms with Gasteiger partial charge >= 0.3 is 5.69 Å². The smallest absolute Gasteiger partial charge is 0.311 e. The molecule has 6 nitrogen and oxygen atoms in total. The fourth-order valence-corrected chi connectivity index (χ4v) is 1.93. The first kappa shape index (κ1) is 16.5. The second-order valence-electron chi connectivity index (χ2n) is 4.53. The molecule has 0 aliphatic heterocycles. The number of terminal acetylenes is 1. The van der Waals surface area contributed by atoms with E-state index in [9.17, 15) is 14.9 Å². The molecule has 6 heteroatoms. The zero-order valence-corrected chi connectivity index (χ0v) is 12.3. The third kappa shape index (κ3) is 3.51. The molecule has 1 rings (SSSR count). The molecule has 0 saturated heterocycles. The Kier molecular flexibility index (Phi) is 5.30. The van der Waals surface area contributed by atoms with Crippen molar-refractivity contribution < 1.29 is 14.5 Å². The van der Waals surface area contributed by atoms with Gasteiger partial charge in [-0.1, -0.05) is 19.8 Å². The SMILES string of the molecule is C#CC(CC)(CC)NC(=O)c1ccc(OC)c([N+](=O)[O-])c1. The molecule has 1 amide bonds. The van der Waals surface area contributed by atoms with E-state index in [1.807, 2.05) is 13.8 Å². The maximum absolute atomic E-state index is 12.2. The minimum absolute atomic E-state index is 0.103. The van der Waals surface area contributed by atoms with Crippen LogP contribution in [0.3, 0.4) is 0 Å². The first-order valence-electron chi connectivity index (χ1n) is 6.55. The van der Waals surface area contributed by atoms with Crippen molar-refractivity contribution in [2.75, 3.05) is 7.11 Å². The summed E-state index contributed by atoms with van der Waals surface area (Å²) < 4.78 is 4.90. The maximum Gasteiger partial charge on any atom is 0.311 e.